The van der Waals surface area contributed by atoms with E-state index in [0.29, 0.717) is 22.3 Å². The highest BCUT2D eigenvalue weighted by Crippen LogP contribution is 2.51. The minimum atomic E-state index is 0.564. The van der Waals surface area contributed by atoms with E-state index < -0.39 is 0 Å². The molecule has 0 bridgehead atoms. The molecule has 4 unspecified atom stereocenters. The summed E-state index contributed by atoms with van der Waals surface area (Å²) >= 11 is 9.02. The molecule has 0 radical (unpaired) electrons. The fraction of sp³-hybridized carbons (Fsp3) is 0.750. The first-order chi connectivity index (χ1) is 4.72. The Bertz CT molecular complexity index is 186. The summed E-state index contributed by atoms with van der Waals surface area (Å²) in [5.74, 6) is 1.41. The Morgan fingerprint density at radius 2 is 2.20 bits per heavy atom. The molecule has 10 heavy (non-hydrogen) atoms. The summed E-state index contributed by atoms with van der Waals surface area (Å²) in [4.78, 5) is 0. The van der Waals surface area contributed by atoms with E-state index in [1.54, 1.807) is 5.57 Å². The normalized spacial score (nSPS) is 51.7. The molecule has 0 nitrogen and oxygen atoms in total. The van der Waals surface area contributed by atoms with Gasteiger partial charge in [-0.15, -0.1) is 0 Å². The molecule has 0 aromatic heterocycles. The van der Waals surface area contributed by atoms with Crippen LogP contribution in [0.4, 0.5) is 0 Å². The molecule has 0 aromatic rings. The summed E-state index contributed by atoms with van der Waals surface area (Å²) in [7, 11) is 0. The molecule has 1 saturated carbocycles. The topological polar surface area (TPSA) is 0 Å². The number of allylic oxidation sites excluding steroid dienone is 2. The van der Waals surface area contributed by atoms with Crippen LogP contribution >= 0.6 is 25.3 Å². The third-order valence-corrected chi connectivity index (χ3v) is 4.10. The van der Waals surface area contributed by atoms with Crippen molar-refractivity contribution in [3.8, 4) is 0 Å². The van der Waals surface area contributed by atoms with Crippen molar-refractivity contribution in [1.82, 2.24) is 0 Å². The monoisotopic (exact) mass is 172 g/mol. The maximum atomic E-state index is 4.52. The van der Waals surface area contributed by atoms with Gasteiger partial charge in [0.2, 0.25) is 0 Å². The third kappa shape index (κ3) is 0.722. The van der Waals surface area contributed by atoms with E-state index in [0.717, 1.165) is 6.42 Å². The van der Waals surface area contributed by atoms with Crippen molar-refractivity contribution in [2.24, 2.45) is 11.8 Å². The van der Waals surface area contributed by atoms with Gasteiger partial charge in [0, 0.05) is 16.4 Å². The first-order valence-corrected chi connectivity index (χ1v) is 4.81. The molecule has 0 spiro atoms. The zero-order chi connectivity index (χ0) is 7.30. The van der Waals surface area contributed by atoms with Gasteiger partial charge in [-0.05, 0) is 12.3 Å². The second kappa shape index (κ2) is 2.21. The van der Waals surface area contributed by atoms with Crippen molar-refractivity contribution >= 4 is 25.3 Å². The van der Waals surface area contributed by atoms with E-state index in [9.17, 15) is 0 Å². The third-order valence-electron chi connectivity index (χ3n) is 2.80. The van der Waals surface area contributed by atoms with Crippen LogP contribution in [0.2, 0.25) is 0 Å². The maximum absolute atomic E-state index is 4.52. The van der Waals surface area contributed by atoms with Crippen LogP contribution < -0.4 is 0 Å². The molecule has 56 valence electrons. The largest absolute Gasteiger partial charge is 0.175 e. The van der Waals surface area contributed by atoms with Crippen molar-refractivity contribution < 1.29 is 0 Å². The van der Waals surface area contributed by atoms with Gasteiger partial charge < -0.3 is 0 Å². The SMILES string of the molecule is CC1C2=CCC(S)C2C1S. The molecule has 2 aliphatic rings. The van der Waals surface area contributed by atoms with Gasteiger partial charge in [0.05, 0.1) is 0 Å². The van der Waals surface area contributed by atoms with E-state index in [1.807, 2.05) is 0 Å². The van der Waals surface area contributed by atoms with Crippen LogP contribution in [0.15, 0.2) is 11.6 Å². The molecule has 0 aromatic carbocycles. The van der Waals surface area contributed by atoms with Crippen molar-refractivity contribution in [1.29, 1.82) is 0 Å². The van der Waals surface area contributed by atoms with Gasteiger partial charge in [-0.25, -0.2) is 0 Å². The first kappa shape index (κ1) is 7.11. The van der Waals surface area contributed by atoms with Gasteiger partial charge >= 0.3 is 0 Å². The highest BCUT2D eigenvalue weighted by Gasteiger charge is 2.46. The summed E-state index contributed by atoms with van der Waals surface area (Å²) in [5, 5.41) is 1.14. The molecular formula is C8H12S2. The van der Waals surface area contributed by atoms with Gasteiger partial charge in [-0.2, -0.15) is 25.3 Å². The van der Waals surface area contributed by atoms with Crippen molar-refractivity contribution in [2.75, 3.05) is 0 Å². The Labute approximate surface area is 72.9 Å². The van der Waals surface area contributed by atoms with Crippen LogP contribution in [0.3, 0.4) is 0 Å². The van der Waals surface area contributed by atoms with Crippen molar-refractivity contribution in [3.63, 3.8) is 0 Å². The van der Waals surface area contributed by atoms with Crippen LogP contribution in [-0.2, 0) is 0 Å². The van der Waals surface area contributed by atoms with Crippen LogP contribution in [0.5, 0.6) is 0 Å². The molecule has 0 amide bonds. The molecule has 0 N–H and O–H groups in total. The molecule has 0 heterocycles. The Hall–Kier alpha value is 0.440. The van der Waals surface area contributed by atoms with Gasteiger partial charge in [-0.3, -0.25) is 0 Å². The van der Waals surface area contributed by atoms with E-state index in [-0.39, 0.29) is 0 Å². The minimum Gasteiger partial charge on any atom is -0.175 e. The fourth-order valence-corrected chi connectivity index (χ4v) is 3.22. The number of hydrogen-bond donors (Lipinski definition) is 2. The molecular weight excluding hydrogens is 160 g/mol. The van der Waals surface area contributed by atoms with Gasteiger partial charge in [0.1, 0.15) is 0 Å². The average Bonchev–Trinajstić information content (AvgIpc) is 2.27. The highest BCUT2D eigenvalue weighted by atomic mass is 32.1. The molecule has 0 saturated heterocycles. The number of thiol groups is 2. The van der Waals surface area contributed by atoms with E-state index >= 15 is 0 Å². The summed E-state index contributed by atoms with van der Waals surface area (Å²) in [6.07, 6.45) is 3.50. The lowest BCUT2D eigenvalue weighted by Gasteiger charge is -2.42. The lowest BCUT2D eigenvalue weighted by molar-refractivity contribution is 0.371. The van der Waals surface area contributed by atoms with Gasteiger partial charge in [-0.1, -0.05) is 18.6 Å². The number of hydrogen-bond acceptors (Lipinski definition) is 2. The fourth-order valence-electron chi connectivity index (χ4n) is 2.07. The minimum absolute atomic E-state index is 0.564. The second-order valence-corrected chi connectivity index (χ2v) is 4.57. The van der Waals surface area contributed by atoms with E-state index in [2.05, 4.69) is 38.3 Å². The van der Waals surface area contributed by atoms with Gasteiger partial charge in [0.15, 0.2) is 0 Å². The summed E-state index contributed by atoms with van der Waals surface area (Å²) in [5.41, 5.74) is 1.61. The smallest absolute Gasteiger partial charge is 0.0156 e. The molecule has 4 atom stereocenters. The van der Waals surface area contributed by atoms with Gasteiger partial charge in [0.25, 0.3) is 0 Å². The van der Waals surface area contributed by atoms with E-state index in [4.69, 9.17) is 0 Å². The first-order valence-electron chi connectivity index (χ1n) is 3.78. The Morgan fingerprint density at radius 3 is 2.80 bits per heavy atom. The molecule has 2 rings (SSSR count). The summed E-state index contributed by atoms with van der Waals surface area (Å²) in [6.45, 7) is 2.26. The van der Waals surface area contributed by atoms with Crippen molar-refractivity contribution in [2.45, 2.75) is 23.8 Å². The maximum Gasteiger partial charge on any atom is 0.0156 e. The second-order valence-electron chi connectivity index (χ2n) is 3.31. The van der Waals surface area contributed by atoms with Crippen LogP contribution in [0.1, 0.15) is 13.3 Å². The van der Waals surface area contributed by atoms with Crippen LogP contribution in [-0.4, -0.2) is 10.5 Å². The zero-order valence-corrected chi connectivity index (χ0v) is 7.78. The summed E-state index contributed by atoms with van der Waals surface area (Å²) in [6, 6.07) is 0. The van der Waals surface area contributed by atoms with Crippen LogP contribution in [0.25, 0.3) is 0 Å². The predicted octanol–water partition coefficient (Wildman–Crippen LogP) is 2.18. The number of fused-ring (bicyclic) bond motifs is 1. The Balaban J connectivity index is 2.19. The van der Waals surface area contributed by atoms with Crippen molar-refractivity contribution in [3.05, 3.63) is 11.6 Å². The average molecular weight is 172 g/mol. The standard InChI is InChI=1S/C8H12S2/c1-4-5-2-3-6(9)7(5)8(4)10/h2,4,6-10H,3H2,1H3. The quantitative estimate of drug-likeness (QED) is 0.406. The predicted molar refractivity (Wildman–Crippen MR) is 50.9 cm³/mol. The zero-order valence-electron chi connectivity index (χ0n) is 5.99. The highest BCUT2D eigenvalue weighted by molar-refractivity contribution is 7.82. The molecule has 1 fully saturated rings. The van der Waals surface area contributed by atoms with Crippen LogP contribution in [0, 0.1) is 11.8 Å². The lowest BCUT2D eigenvalue weighted by Crippen LogP contribution is -2.41. The Kier molecular flexibility index (Phi) is 1.57. The lowest BCUT2D eigenvalue weighted by atomic mass is 9.71. The molecule has 2 heteroatoms. The molecule has 0 aliphatic heterocycles. The molecule has 2 aliphatic carbocycles. The number of rotatable bonds is 0. The summed E-state index contributed by atoms with van der Waals surface area (Å²) < 4.78 is 0. The van der Waals surface area contributed by atoms with E-state index in [1.165, 1.54) is 0 Å². The Morgan fingerprint density at radius 1 is 1.50 bits per heavy atom.